The number of ether oxygens (including phenoxy) is 4. The fourth-order valence-electron chi connectivity index (χ4n) is 5.40. The summed E-state index contributed by atoms with van der Waals surface area (Å²) in [7, 11) is 2.45. The van der Waals surface area contributed by atoms with Gasteiger partial charge in [0.2, 0.25) is 11.8 Å². The summed E-state index contributed by atoms with van der Waals surface area (Å²) < 4.78 is 18.5. The predicted octanol–water partition coefficient (Wildman–Crippen LogP) is 4.58. The Balaban J connectivity index is 0.000000763. The first-order chi connectivity index (χ1) is 26.8. The number of nitrogens with one attached hydrogen (secondary N) is 2. The first kappa shape index (κ1) is 48.2. The maximum atomic E-state index is 12.6. The van der Waals surface area contributed by atoms with Crippen molar-refractivity contribution in [1.82, 2.24) is 20.4 Å². The monoisotopic (exact) mass is 784 g/mol. The Kier molecular flexibility index (Phi) is 23.2. The van der Waals surface area contributed by atoms with Crippen molar-refractivity contribution in [2.75, 3.05) is 53.6 Å². The average Bonchev–Trinajstić information content (AvgIpc) is 3.66. The smallest absolute Gasteiger partial charge is 0.407 e. The second-order valence-corrected chi connectivity index (χ2v) is 12.5. The zero-order valence-electron chi connectivity index (χ0n) is 33.4. The van der Waals surface area contributed by atoms with Crippen molar-refractivity contribution in [3.8, 4) is 11.1 Å². The van der Waals surface area contributed by atoms with Crippen LogP contribution in [0.25, 0.3) is 11.1 Å². The van der Waals surface area contributed by atoms with E-state index in [1.807, 2.05) is 20.8 Å². The molecule has 2 aromatic carbocycles. The van der Waals surface area contributed by atoms with Gasteiger partial charge in [0, 0.05) is 29.8 Å². The highest BCUT2D eigenvalue weighted by atomic mass is 16.5. The van der Waals surface area contributed by atoms with Crippen LogP contribution in [0.2, 0.25) is 0 Å². The molecule has 0 aromatic heterocycles. The molecule has 1 fully saturated rings. The molecule has 4 amide bonds. The summed E-state index contributed by atoms with van der Waals surface area (Å²) in [4.78, 5) is 96.5. The van der Waals surface area contributed by atoms with E-state index in [4.69, 9.17) is 4.74 Å². The fraction of sp³-hybridized carbons (Fsp3) is 0.500. The fourth-order valence-corrected chi connectivity index (χ4v) is 5.40. The van der Waals surface area contributed by atoms with E-state index >= 15 is 0 Å². The van der Waals surface area contributed by atoms with Crippen molar-refractivity contribution in [2.45, 2.75) is 78.8 Å². The second kappa shape index (κ2) is 26.9. The Labute approximate surface area is 328 Å². The van der Waals surface area contributed by atoms with Crippen molar-refractivity contribution >= 4 is 48.0 Å². The maximum Gasteiger partial charge on any atom is 0.407 e. The third kappa shape index (κ3) is 17.1. The molecule has 1 heterocycles. The molecule has 16 heteroatoms. The van der Waals surface area contributed by atoms with Crippen molar-refractivity contribution in [1.29, 1.82) is 0 Å². The lowest BCUT2D eigenvalue weighted by Crippen LogP contribution is -2.48. The summed E-state index contributed by atoms with van der Waals surface area (Å²) in [5.74, 6) is -2.00. The molecule has 56 heavy (non-hydrogen) atoms. The summed E-state index contributed by atoms with van der Waals surface area (Å²) >= 11 is 0. The SMILES string of the molecule is CCC.CCC(CC)N(CC(=O)OCC(=O)c1ccc(-c2ccc(C(=O)COC=O)cc2)cc1)C(=O)CNC(=O)OC.COC(=O)NCC(=O)N1CCCC1C. The van der Waals surface area contributed by atoms with Crippen LogP contribution in [-0.4, -0.2) is 124 Å². The van der Waals surface area contributed by atoms with Crippen LogP contribution >= 0.6 is 0 Å². The van der Waals surface area contributed by atoms with Gasteiger partial charge in [-0.2, -0.15) is 0 Å². The number of Topliss-reactive ketones (excluding diaryl/α,β-unsaturated/α-hetero) is 2. The molecule has 1 saturated heterocycles. The van der Waals surface area contributed by atoms with Crippen molar-refractivity contribution in [2.24, 2.45) is 0 Å². The Morgan fingerprint density at radius 1 is 0.786 bits per heavy atom. The highest BCUT2D eigenvalue weighted by molar-refractivity contribution is 5.99. The molecule has 3 rings (SSSR count). The maximum absolute atomic E-state index is 12.6. The molecule has 16 nitrogen and oxygen atoms in total. The minimum Gasteiger partial charge on any atom is -0.459 e. The summed E-state index contributed by atoms with van der Waals surface area (Å²) in [6.45, 7) is 9.52. The van der Waals surface area contributed by atoms with Gasteiger partial charge < -0.3 is 39.4 Å². The lowest BCUT2D eigenvalue weighted by Gasteiger charge is -2.29. The van der Waals surface area contributed by atoms with Crippen LogP contribution in [0.4, 0.5) is 9.59 Å². The van der Waals surface area contributed by atoms with Crippen LogP contribution < -0.4 is 10.6 Å². The zero-order valence-corrected chi connectivity index (χ0v) is 33.4. The summed E-state index contributed by atoms with van der Waals surface area (Å²) in [5, 5.41) is 4.68. The number of nitrogens with zero attached hydrogens (tertiary/aromatic N) is 2. The number of esters is 1. The first-order valence-corrected chi connectivity index (χ1v) is 18.5. The van der Waals surface area contributed by atoms with Crippen LogP contribution in [0.5, 0.6) is 0 Å². The average molecular weight is 785 g/mol. The molecule has 0 saturated carbocycles. The van der Waals surface area contributed by atoms with Crippen molar-refractivity contribution < 1.29 is 57.3 Å². The molecule has 1 aliphatic rings. The third-order valence-electron chi connectivity index (χ3n) is 8.41. The van der Waals surface area contributed by atoms with E-state index in [2.05, 4.69) is 38.7 Å². The molecule has 0 spiro atoms. The Hall–Kier alpha value is -5.80. The molecule has 0 bridgehead atoms. The van der Waals surface area contributed by atoms with Gasteiger partial charge in [0.15, 0.2) is 24.8 Å². The van der Waals surface area contributed by atoms with E-state index in [-0.39, 0.29) is 50.4 Å². The molecule has 308 valence electrons. The van der Waals surface area contributed by atoms with Crippen molar-refractivity contribution in [3.05, 3.63) is 59.7 Å². The standard InChI is InChI=1S/C28H32N2O9.C9H16N2O3.C3H8/c1-4-23(5-2)30(26(34)14-29-28(36)37-3)15-27(35)39-17-25(33)22-12-8-20(9-13-22)19-6-10-21(11-7-19)24(32)16-38-18-31;1-7-4-3-5-11(7)8(12)6-10-9(13)14-2;1-3-2/h6-13,18,23H,4-5,14-17H2,1-3H3,(H,29,36);7H,3-6H2,1-2H3,(H,10,13);3H2,1-2H3. The lowest BCUT2D eigenvalue weighted by molar-refractivity contribution is -0.149. The first-order valence-electron chi connectivity index (χ1n) is 18.5. The molecule has 1 unspecified atom stereocenters. The van der Waals surface area contributed by atoms with E-state index < -0.39 is 36.5 Å². The number of ketones is 2. The topological polar surface area (TPSA) is 204 Å². The molecule has 2 aromatic rings. The summed E-state index contributed by atoms with van der Waals surface area (Å²) in [6, 6.07) is 13.4. The van der Waals surface area contributed by atoms with Gasteiger partial charge in [0.05, 0.1) is 14.2 Å². The van der Waals surface area contributed by atoms with Crippen LogP contribution in [0.3, 0.4) is 0 Å². The van der Waals surface area contributed by atoms with Gasteiger partial charge in [0.25, 0.3) is 6.47 Å². The molecular weight excluding hydrogens is 728 g/mol. The van der Waals surface area contributed by atoms with E-state index in [1.165, 1.54) is 25.5 Å². The number of carbonyl (C=O) groups excluding carboxylic acids is 8. The minimum absolute atomic E-state index is 0.0248. The molecule has 2 N–H and O–H groups in total. The number of amides is 4. The van der Waals surface area contributed by atoms with E-state index in [0.717, 1.165) is 30.5 Å². The van der Waals surface area contributed by atoms with E-state index in [0.29, 0.717) is 30.0 Å². The Bertz CT molecular complexity index is 1580. The molecule has 0 aliphatic carbocycles. The number of alkyl carbamates (subject to hydrolysis) is 2. The number of carbonyl (C=O) groups is 8. The quantitative estimate of drug-likeness (QED) is 0.0980. The molecule has 1 atom stereocenters. The predicted molar refractivity (Wildman–Crippen MR) is 207 cm³/mol. The highest BCUT2D eigenvalue weighted by Gasteiger charge is 2.26. The third-order valence-corrected chi connectivity index (χ3v) is 8.41. The van der Waals surface area contributed by atoms with Gasteiger partial charge in [-0.15, -0.1) is 0 Å². The molecule has 1 aliphatic heterocycles. The number of methoxy groups -OCH3 is 2. The summed E-state index contributed by atoms with van der Waals surface area (Å²) in [5.41, 5.74) is 2.34. The highest BCUT2D eigenvalue weighted by Crippen LogP contribution is 2.21. The number of likely N-dealkylation sites (tertiary alicyclic amines) is 1. The lowest BCUT2D eigenvalue weighted by atomic mass is 10.0. The molecule has 0 radical (unpaired) electrons. The van der Waals surface area contributed by atoms with Gasteiger partial charge in [0.1, 0.15) is 19.6 Å². The van der Waals surface area contributed by atoms with E-state index in [9.17, 15) is 38.4 Å². The van der Waals surface area contributed by atoms with Crippen LogP contribution in [0.15, 0.2) is 48.5 Å². The number of benzene rings is 2. The normalized spacial score (nSPS) is 12.7. The zero-order chi connectivity index (χ0) is 42.0. The minimum atomic E-state index is -0.764. The second-order valence-electron chi connectivity index (χ2n) is 12.5. The van der Waals surface area contributed by atoms with Crippen LogP contribution in [-0.2, 0) is 38.1 Å². The number of rotatable bonds is 17. The van der Waals surface area contributed by atoms with Gasteiger partial charge in [-0.3, -0.25) is 28.8 Å². The number of hydrogen-bond donors (Lipinski definition) is 2. The van der Waals surface area contributed by atoms with Gasteiger partial charge in [-0.05, 0) is 43.7 Å². The van der Waals surface area contributed by atoms with Crippen LogP contribution in [0.1, 0.15) is 87.4 Å². The van der Waals surface area contributed by atoms with Crippen LogP contribution in [0, 0.1) is 0 Å². The van der Waals surface area contributed by atoms with Gasteiger partial charge in [-0.25, -0.2) is 9.59 Å². The van der Waals surface area contributed by atoms with Crippen molar-refractivity contribution in [3.63, 3.8) is 0 Å². The number of hydrogen-bond acceptors (Lipinski definition) is 12. The summed E-state index contributed by atoms with van der Waals surface area (Å²) in [6.07, 6.45) is 3.19. The Morgan fingerprint density at radius 3 is 1.70 bits per heavy atom. The van der Waals surface area contributed by atoms with Gasteiger partial charge >= 0.3 is 18.2 Å². The Morgan fingerprint density at radius 2 is 1.27 bits per heavy atom. The largest absolute Gasteiger partial charge is 0.459 e. The van der Waals surface area contributed by atoms with Gasteiger partial charge in [-0.1, -0.05) is 82.6 Å². The van der Waals surface area contributed by atoms with E-state index in [1.54, 1.807) is 53.4 Å². The molecular formula is C40H56N4O12.